The summed E-state index contributed by atoms with van der Waals surface area (Å²) in [5.41, 5.74) is 23.6. The third-order valence-corrected chi connectivity index (χ3v) is 14.2. The number of carboxylic acids is 1. The number of aromatic amines is 1. The van der Waals surface area contributed by atoms with E-state index in [1.165, 1.54) is 18.7 Å². The van der Waals surface area contributed by atoms with Gasteiger partial charge in [0.15, 0.2) is 0 Å². The molecule has 1 fully saturated rings. The molecule has 82 heavy (non-hydrogen) atoms. The second kappa shape index (κ2) is 34.2. The summed E-state index contributed by atoms with van der Waals surface area (Å²) in [6.07, 6.45) is 1.93. The fourth-order valence-corrected chi connectivity index (χ4v) is 9.55. The SMILES string of the molecule is CSCC[C@H](NC(=O)[C@@H](N)CC(N)=O)C(=O)N[C@@H](Cc1c[nH]c2ccccc12)C(=O)N[C@@H](CCC(N)=O)C(=O)N[C@@H](CCCCN)C(=O)N[C@H](C(=O)NCC(=O)N[C@H](C(=O)N1CCC[C@H]1C(=O)N[C@@H](CC(C)C)C(=O)O)[C@@H](C)O)C(C)C. The van der Waals surface area contributed by atoms with Crippen LogP contribution in [0.15, 0.2) is 30.5 Å². The number of fused-ring (bicyclic) bond motifs is 1. The smallest absolute Gasteiger partial charge is 0.326 e. The lowest BCUT2D eigenvalue weighted by atomic mass is 10.0. The zero-order chi connectivity index (χ0) is 61.4. The van der Waals surface area contributed by atoms with E-state index in [0.29, 0.717) is 41.5 Å². The summed E-state index contributed by atoms with van der Waals surface area (Å²) in [4.78, 5) is 164. The van der Waals surface area contributed by atoms with Crippen LogP contribution in [0.1, 0.15) is 104 Å². The Bertz CT molecular complexity index is 2560. The lowest BCUT2D eigenvalue weighted by Crippen LogP contribution is -2.60. The van der Waals surface area contributed by atoms with Crippen molar-refractivity contribution < 1.29 is 67.7 Å². The van der Waals surface area contributed by atoms with Gasteiger partial charge in [-0.1, -0.05) is 45.9 Å². The van der Waals surface area contributed by atoms with E-state index in [-0.39, 0.29) is 57.5 Å². The number of carbonyl (C=O) groups is 12. The number of carbonyl (C=O) groups excluding carboxylic acids is 11. The van der Waals surface area contributed by atoms with Crippen LogP contribution >= 0.6 is 11.8 Å². The summed E-state index contributed by atoms with van der Waals surface area (Å²) >= 11 is 1.37. The van der Waals surface area contributed by atoms with Crippen molar-refractivity contribution >= 4 is 93.6 Å². The maximum Gasteiger partial charge on any atom is 0.326 e. The number of aliphatic hydroxyl groups excluding tert-OH is 1. The number of likely N-dealkylation sites (tertiary alicyclic amines) is 1. The van der Waals surface area contributed by atoms with E-state index in [9.17, 15) is 67.7 Å². The first kappa shape index (κ1) is 68.9. The fraction of sp³-hybridized carbons (Fsp3) is 0.623. The summed E-state index contributed by atoms with van der Waals surface area (Å²) in [7, 11) is 0. The first-order chi connectivity index (χ1) is 38.7. The minimum atomic E-state index is -1.58. The van der Waals surface area contributed by atoms with Crippen LogP contribution in [-0.4, -0.2) is 183 Å². The molecular weight excluding hydrogens is 1090 g/mol. The van der Waals surface area contributed by atoms with Crippen LogP contribution in [0, 0.1) is 11.8 Å². The molecule has 0 unspecified atom stereocenters. The Balaban J connectivity index is 1.84. The highest BCUT2D eigenvalue weighted by Gasteiger charge is 2.41. The second-order valence-electron chi connectivity index (χ2n) is 21.1. The minimum Gasteiger partial charge on any atom is -0.480 e. The van der Waals surface area contributed by atoms with E-state index in [2.05, 4.69) is 47.5 Å². The Morgan fingerprint density at radius 1 is 0.720 bits per heavy atom. The normalized spacial score (nSPS) is 16.5. The molecule has 1 aromatic carbocycles. The van der Waals surface area contributed by atoms with Crippen LogP contribution in [0.2, 0.25) is 0 Å². The van der Waals surface area contributed by atoms with E-state index in [0.717, 1.165) is 4.90 Å². The van der Waals surface area contributed by atoms with E-state index >= 15 is 0 Å². The molecule has 3 rings (SSSR count). The maximum absolute atomic E-state index is 14.5. The zero-order valence-electron chi connectivity index (χ0n) is 47.4. The predicted octanol–water partition coefficient (Wildman–Crippen LogP) is -3.27. The van der Waals surface area contributed by atoms with Crippen molar-refractivity contribution in [3.8, 4) is 0 Å². The number of carboxylic acid groups (broad SMARTS) is 1. The minimum absolute atomic E-state index is 0.0298. The molecule has 0 radical (unpaired) electrons. The standard InChI is InChI=1S/C53H84N14O14S/c1-27(2)22-38(53(80)81)64-50(77)39-15-11-20-67(39)52(79)44(29(5)68)65-42(71)26-59-51(78)43(28(3)4)66-48(75)34(14-9-10-19-54)61-46(73)35(16-17-40(56)69)62-49(76)37(23-30-25-58-33-13-8-7-12-31(30)33)63-47(74)36(18-21-82-6)60-45(72)32(55)24-41(57)70/h7-8,12-13,25,27-29,32,34-39,43-44,58,68H,9-11,14-24,26,54-55H2,1-6H3,(H2,56,69)(H2,57,70)(H,59,78)(H,60,72)(H,61,73)(H,62,76)(H,63,74)(H,64,77)(H,65,71)(H,66,75)(H,80,81)/t29-,32+,34+,35+,36+,37+,38+,39+,43+,44+/m1/s1. The van der Waals surface area contributed by atoms with Gasteiger partial charge in [-0.25, -0.2) is 4.79 Å². The number of nitrogens with one attached hydrogen (secondary N) is 9. The molecule has 0 saturated carbocycles. The van der Waals surface area contributed by atoms with Gasteiger partial charge in [-0.2, -0.15) is 11.8 Å². The number of primary amides is 2. The molecule has 0 bridgehead atoms. The Kier molecular flexibility index (Phi) is 28.7. The number of benzene rings is 1. The molecule has 2 aromatic rings. The third kappa shape index (κ3) is 22.2. The Morgan fingerprint density at radius 2 is 1.32 bits per heavy atom. The van der Waals surface area contributed by atoms with Crippen molar-refractivity contribution in [1.82, 2.24) is 52.4 Å². The van der Waals surface area contributed by atoms with Crippen molar-refractivity contribution in [3.63, 3.8) is 0 Å². The van der Waals surface area contributed by atoms with Crippen molar-refractivity contribution in [2.24, 2.45) is 34.8 Å². The number of aliphatic hydroxyl groups is 1. The molecule has 456 valence electrons. The summed E-state index contributed by atoms with van der Waals surface area (Å²) in [6.45, 7) is 7.56. The van der Waals surface area contributed by atoms with Crippen LogP contribution in [-0.2, 0) is 64.0 Å². The van der Waals surface area contributed by atoms with Crippen LogP contribution in [0.5, 0.6) is 0 Å². The molecule has 10 atom stereocenters. The molecule has 0 spiro atoms. The quantitative estimate of drug-likeness (QED) is 0.0298. The number of hydrogen-bond acceptors (Lipinski definition) is 16. The first-order valence-corrected chi connectivity index (χ1v) is 28.7. The largest absolute Gasteiger partial charge is 0.480 e. The summed E-state index contributed by atoms with van der Waals surface area (Å²) in [5.74, 6) is -10.9. The van der Waals surface area contributed by atoms with Crippen molar-refractivity contribution in [1.29, 1.82) is 0 Å². The van der Waals surface area contributed by atoms with Crippen LogP contribution in [0.3, 0.4) is 0 Å². The number of unbranched alkanes of at least 4 members (excludes halogenated alkanes) is 1. The van der Waals surface area contributed by atoms with E-state index in [4.69, 9.17) is 22.9 Å². The molecule has 19 N–H and O–H groups in total. The average molecular weight is 1170 g/mol. The highest BCUT2D eigenvalue weighted by Crippen LogP contribution is 2.22. The van der Waals surface area contributed by atoms with Gasteiger partial charge in [0.1, 0.15) is 48.3 Å². The number of rotatable bonds is 36. The maximum atomic E-state index is 14.5. The van der Waals surface area contributed by atoms with E-state index < -0.39 is 157 Å². The van der Waals surface area contributed by atoms with Gasteiger partial charge in [0.05, 0.1) is 25.1 Å². The average Bonchev–Trinajstić information content (AvgIpc) is 4.23. The van der Waals surface area contributed by atoms with E-state index in [1.807, 2.05) is 0 Å². The lowest BCUT2D eigenvalue weighted by molar-refractivity contribution is -0.146. The number of thioether (sulfide) groups is 1. The molecule has 11 amide bonds. The number of H-pyrrole nitrogens is 1. The number of nitrogens with two attached hydrogens (primary N) is 4. The molecule has 1 saturated heterocycles. The summed E-state index contributed by atoms with van der Waals surface area (Å²) in [6, 6.07) is -5.06. The second-order valence-corrected chi connectivity index (χ2v) is 22.1. The Morgan fingerprint density at radius 3 is 1.90 bits per heavy atom. The Hall–Kier alpha value is -7.37. The van der Waals surface area contributed by atoms with Gasteiger partial charge in [-0.3, -0.25) is 52.7 Å². The molecular formula is C53H84N14O14S. The predicted molar refractivity (Wildman–Crippen MR) is 303 cm³/mol. The topological polar surface area (TPSA) is 465 Å². The highest BCUT2D eigenvalue weighted by atomic mass is 32.2. The third-order valence-electron chi connectivity index (χ3n) is 13.5. The van der Waals surface area contributed by atoms with Gasteiger partial charge < -0.3 is 85.6 Å². The van der Waals surface area contributed by atoms with Gasteiger partial charge in [0, 0.05) is 36.5 Å². The van der Waals surface area contributed by atoms with Gasteiger partial charge in [-0.15, -0.1) is 0 Å². The number of aromatic nitrogens is 1. The lowest BCUT2D eigenvalue weighted by Gasteiger charge is -2.31. The number of para-hydroxylation sites is 1. The Labute approximate surface area is 480 Å². The van der Waals surface area contributed by atoms with Crippen molar-refractivity contribution in [2.45, 2.75) is 166 Å². The van der Waals surface area contributed by atoms with Gasteiger partial charge in [0.25, 0.3) is 0 Å². The fourth-order valence-electron chi connectivity index (χ4n) is 9.08. The number of nitrogens with zero attached hydrogens (tertiary/aromatic N) is 1. The summed E-state index contributed by atoms with van der Waals surface area (Å²) in [5, 5.41) is 41.4. The van der Waals surface area contributed by atoms with Crippen LogP contribution < -0.4 is 65.5 Å². The first-order valence-electron chi connectivity index (χ1n) is 27.4. The molecule has 1 aliphatic rings. The molecule has 1 aliphatic heterocycles. The number of amides is 11. The van der Waals surface area contributed by atoms with Crippen molar-refractivity contribution in [2.75, 3.05) is 31.6 Å². The van der Waals surface area contributed by atoms with Crippen LogP contribution in [0.25, 0.3) is 10.9 Å². The molecule has 29 heteroatoms. The molecule has 1 aromatic heterocycles. The van der Waals surface area contributed by atoms with E-state index in [1.54, 1.807) is 64.4 Å². The van der Waals surface area contributed by atoms with Gasteiger partial charge in [0.2, 0.25) is 65.0 Å². The monoisotopic (exact) mass is 1170 g/mol. The van der Waals surface area contributed by atoms with Crippen LogP contribution in [0.4, 0.5) is 0 Å². The molecule has 28 nitrogen and oxygen atoms in total. The summed E-state index contributed by atoms with van der Waals surface area (Å²) < 4.78 is 0. The number of aliphatic carboxylic acids is 1. The van der Waals surface area contributed by atoms with Crippen molar-refractivity contribution in [3.05, 3.63) is 36.0 Å². The van der Waals surface area contributed by atoms with Gasteiger partial charge >= 0.3 is 5.97 Å². The molecule has 2 heterocycles. The highest BCUT2D eigenvalue weighted by molar-refractivity contribution is 7.98. The molecule has 0 aliphatic carbocycles. The zero-order valence-corrected chi connectivity index (χ0v) is 48.2. The van der Waals surface area contributed by atoms with Gasteiger partial charge in [-0.05, 0) is 100 Å². The number of hydrogen-bond donors (Lipinski definition) is 15.